The van der Waals surface area contributed by atoms with Crippen LogP contribution in [-0.4, -0.2) is 0 Å². The van der Waals surface area contributed by atoms with Crippen molar-refractivity contribution in [1.29, 1.82) is 0 Å². The SMILES string of the molecule is C/C=C\C=C/c1ccc(-c2c(N(c3ccc(-c4ccccc4)cc3)c3ccc4c(c3)C3(c5ccccc5C5=CC=CCC53)c3ccccc3-4)ccc3c2oc2ccccc23)cc1. The van der Waals surface area contributed by atoms with E-state index in [0.29, 0.717) is 0 Å². The van der Waals surface area contributed by atoms with E-state index in [-0.39, 0.29) is 11.3 Å². The van der Waals surface area contributed by atoms with Crippen LogP contribution in [0.25, 0.3) is 67.0 Å². The lowest BCUT2D eigenvalue weighted by Gasteiger charge is -2.37. The third-order valence-electron chi connectivity index (χ3n) is 13.5. The maximum Gasteiger partial charge on any atom is 0.145 e. The molecule has 9 aromatic rings. The first kappa shape index (κ1) is 36.2. The predicted molar refractivity (Wildman–Crippen MR) is 260 cm³/mol. The predicted octanol–water partition coefficient (Wildman–Crippen LogP) is 16.3. The van der Waals surface area contributed by atoms with E-state index in [9.17, 15) is 0 Å². The number of rotatable bonds is 7. The maximum atomic E-state index is 6.92. The third-order valence-corrected chi connectivity index (χ3v) is 13.5. The van der Waals surface area contributed by atoms with Crippen molar-refractivity contribution in [3.63, 3.8) is 0 Å². The molecule has 3 aliphatic rings. The van der Waals surface area contributed by atoms with E-state index in [1.54, 1.807) is 0 Å². The zero-order valence-corrected chi connectivity index (χ0v) is 34.5. The Morgan fingerprint density at radius 3 is 2.06 bits per heavy atom. The van der Waals surface area contributed by atoms with Gasteiger partial charge < -0.3 is 9.32 Å². The zero-order chi connectivity index (χ0) is 41.2. The van der Waals surface area contributed by atoms with Crippen molar-refractivity contribution in [2.24, 2.45) is 5.92 Å². The van der Waals surface area contributed by atoms with Crippen LogP contribution in [0.1, 0.15) is 41.2 Å². The minimum absolute atomic E-state index is 0.281. The van der Waals surface area contributed by atoms with Gasteiger partial charge in [-0.2, -0.15) is 0 Å². The van der Waals surface area contributed by atoms with Crippen molar-refractivity contribution in [3.05, 3.63) is 246 Å². The second-order valence-electron chi connectivity index (χ2n) is 16.7. The Labute approximate surface area is 362 Å². The first-order valence-corrected chi connectivity index (χ1v) is 21.7. The summed E-state index contributed by atoms with van der Waals surface area (Å²) in [4.78, 5) is 2.46. The molecule has 12 rings (SSSR count). The van der Waals surface area contributed by atoms with Gasteiger partial charge in [-0.05, 0) is 117 Å². The van der Waals surface area contributed by atoms with Crippen molar-refractivity contribution in [2.75, 3.05) is 4.90 Å². The van der Waals surface area contributed by atoms with E-state index >= 15 is 0 Å². The second-order valence-corrected chi connectivity index (χ2v) is 16.7. The van der Waals surface area contributed by atoms with E-state index in [4.69, 9.17) is 4.42 Å². The lowest BCUT2D eigenvalue weighted by atomic mass is 9.65. The molecule has 294 valence electrons. The molecule has 8 aromatic carbocycles. The Bertz CT molecular complexity index is 3320. The van der Waals surface area contributed by atoms with Crippen LogP contribution >= 0.6 is 0 Å². The number of furan rings is 1. The first-order chi connectivity index (χ1) is 30.7. The number of fused-ring (bicyclic) bond motifs is 13. The van der Waals surface area contributed by atoms with E-state index in [2.05, 4.69) is 223 Å². The lowest BCUT2D eigenvalue weighted by molar-refractivity contribution is 0.495. The van der Waals surface area contributed by atoms with Crippen LogP contribution in [0.2, 0.25) is 0 Å². The van der Waals surface area contributed by atoms with Crippen LogP contribution in [0.3, 0.4) is 0 Å². The number of benzene rings is 8. The summed E-state index contributed by atoms with van der Waals surface area (Å²) in [5.74, 6) is 0.281. The van der Waals surface area contributed by atoms with Crippen molar-refractivity contribution in [2.45, 2.75) is 18.8 Å². The molecule has 1 spiro atoms. The molecule has 2 atom stereocenters. The van der Waals surface area contributed by atoms with Crippen molar-refractivity contribution in [3.8, 4) is 33.4 Å². The fourth-order valence-electron chi connectivity index (χ4n) is 10.8. The van der Waals surface area contributed by atoms with Gasteiger partial charge in [-0.15, -0.1) is 0 Å². The molecule has 2 nitrogen and oxygen atoms in total. The monoisotopic (exact) mass is 793 g/mol. The highest BCUT2D eigenvalue weighted by Gasteiger charge is 2.56. The quantitative estimate of drug-likeness (QED) is 0.149. The molecule has 3 aliphatic carbocycles. The Hall–Kier alpha value is -7.68. The van der Waals surface area contributed by atoms with E-state index < -0.39 is 0 Å². The molecule has 1 aromatic heterocycles. The summed E-state index contributed by atoms with van der Waals surface area (Å²) in [5, 5.41) is 2.22. The van der Waals surface area contributed by atoms with Crippen molar-refractivity contribution in [1.82, 2.24) is 0 Å². The highest BCUT2D eigenvalue weighted by Crippen LogP contribution is 2.66. The van der Waals surface area contributed by atoms with Gasteiger partial charge in [0.1, 0.15) is 11.2 Å². The highest BCUT2D eigenvalue weighted by atomic mass is 16.3. The average Bonchev–Trinajstić information content (AvgIpc) is 3.97. The van der Waals surface area contributed by atoms with E-state index in [1.807, 2.05) is 13.0 Å². The molecule has 0 saturated carbocycles. The van der Waals surface area contributed by atoms with Gasteiger partial charge in [0.25, 0.3) is 0 Å². The van der Waals surface area contributed by atoms with Gasteiger partial charge in [-0.25, -0.2) is 0 Å². The molecule has 0 aliphatic heterocycles. The summed E-state index contributed by atoms with van der Waals surface area (Å²) in [6.07, 6.45) is 16.3. The largest absolute Gasteiger partial charge is 0.455 e. The van der Waals surface area contributed by atoms with Gasteiger partial charge in [-0.3, -0.25) is 0 Å². The van der Waals surface area contributed by atoms with Gasteiger partial charge in [0.2, 0.25) is 0 Å². The third kappa shape index (κ3) is 5.43. The van der Waals surface area contributed by atoms with E-state index in [1.165, 1.54) is 50.1 Å². The highest BCUT2D eigenvalue weighted by molar-refractivity contribution is 6.13. The smallest absolute Gasteiger partial charge is 0.145 e. The molecule has 0 bridgehead atoms. The Balaban J connectivity index is 1.13. The fourth-order valence-corrected chi connectivity index (χ4v) is 10.8. The standard InChI is InChI=1S/C60H43NO/c1-2-3-5-16-40-27-29-43(30-28-40)58-56(38-37-51-50-22-11-15-26-57(50)62-59(51)58)61(44-33-31-42(32-34-44)41-17-6-4-7-18-41)45-35-36-49-48-21-10-14-25-54(48)60(55(49)39-45)52-23-12-8-19-46(52)47-20-9-13-24-53(47)60/h2-23,25-39,53H,24H2,1H3/b3-2-,16-5-. The molecule has 0 amide bonds. The summed E-state index contributed by atoms with van der Waals surface area (Å²) in [6, 6.07) is 67.1. The van der Waals surface area contributed by atoms with Crippen LogP contribution in [0.5, 0.6) is 0 Å². The molecule has 62 heavy (non-hydrogen) atoms. The fraction of sp³-hybridized carbons (Fsp3) is 0.0667. The summed E-state index contributed by atoms with van der Waals surface area (Å²) in [6.45, 7) is 2.04. The Morgan fingerprint density at radius 2 is 1.24 bits per heavy atom. The van der Waals surface area contributed by atoms with Crippen LogP contribution in [0.15, 0.2) is 223 Å². The van der Waals surface area contributed by atoms with Gasteiger partial charge in [-0.1, -0.05) is 182 Å². The topological polar surface area (TPSA) is 16.4 Å². The number of para-hydroxylation sites is 1. The molecule has 0 N–H and O–H groups in total. The van der Waals surface area contributed by atoms with Crippen molar-refractivity contribution < 1.29 is 4.42 Å². The minimum atomic E-state index is -0.334. The molecule has 0 radical (unpaired) electrons. The van der Waals surface area contributed by atoms with Crippen LogP contribution in [-0.2, 0) is 5.41 Å². The number of hydrogen-bond donors (Lipinski definition) is 0. The number of hydrogen-bond acceptors (Lipinski definition) is 2. The average molecular weight is 794 g/mol. The van der Waals surface area contributed by atoms with Crippen LogP contribution in [0, 0.1) is 5.92 Å². The van der Waals surface area contributed by atoms with Crippen LogP contribution < -0.4 is 4.90 Å². The normalized spacial score (nSPS) is 17.2. The maximum absolute atomic E-state index is 6.92. The molecule has 0 fully saturated rings. The summed E-state index contributed by atoms with van der Waals surface area (Å²) < 4.78 is 6.92. The van der Waals surface area contributed by atoms with Gasteiger partial charge in [0.05, 0.1) is 11.1 Å². The molecule has 2 heteroatoms. The van der Waals surface area contributed by atoms with Gasteiger partial charge in [0, 0.05) is 33.6 Å². The summed E-state index contributed by atoms with van der Waals surface area (Å²) >= 11 is 0. The van der Waals surface area contributed by atoms with Crippen LogP contribution in [0.4, 0.5) is 17.1 Å². The molecular formula is C60H43NO. The van der Waals surface area contributed by atoms with Gasteiger partial charge in [0.15, 0.2) is 0 Å². The van der Waals surface area contributed by atoms with E-state index in [0.717, 1.165) is 62.1 Å². The number of nitrogens with zero attached hydrogens (tertiary/aromatic N) is 1. The Morgan fingerprint density at radius 1 is 0.565 bits per heavy atom. The van der Waals surface area contributed by atoms with Crippen molar-refractivity contribution >= 4 is 50.6 Å². The first-order valence-electron chi connectivity index (χ1n) is 21.7. The summed E-state index contributed by atoms with van der Waals surface area (Å²) in [7, 11) is 0. The zero-order valence-electron chi connectivity index (χ0n) is 34.5. The minimum Gasteiger partial charge on any atom is -0.455 e. The lowest BCUT2D eigenvalue weighted by Crippen LogP contribution is -2.32. The number of allylic oxidation sites excluding steroid dienone is 7. The molecular weight excluding hydrogens is 751 g/mol. The Kier molecular flexibility index (Phi) is 8.47. The summed E-state index contributed by atoms with van der Waals surface area (Å²) in [5.41, 5.74) is 19.9. The number of anilines is 3. The van der Waals surface area contributed by atoms with Gasteiger partial charge >= 0.3 is 0 Å². The second kappa shape index (κ2) is 14.5. The molecule has 1 heterocycles. The molecule has 2 unspecified atom stereocenters. The molecule has 0 saturated heterocycles.